The number of nitrogens with two attached hydrogens (primary N) is 1. The first-order valence-electron chi connectivity index (χ1n) is 3.65. The number of nitrogen functional groups attached to an aromatic ring is 1. The molecule has 1 heterocycles. The lowest BCUT2D eigenvalue weighted by molar-refractivity contribution is 1.07. The minimum atomic E-state index is 0.467. The molecule has 0 saturated carbocycles. The molecule has 0 spiro atoms. The van der Waals surface area contributed by atoms with Gasteiger partial charge < -0.3 is 11.1 Å². The standard InChI is InChI=1S/C8H10N4/c9-3-1-4-12-8-6-11-5-2-7(8)10/h2,5-6,12H,1,4H2,(H2,10,11). The zero-order chi connectivity index (χ0) is 8.81. The van der Waals surface area contributed by atoms with Gasteiger partial charge in [0.2, 0.25) is 0 Å². The zero-order valence-corrected chi connectivity index (χ0v) is 6.62. The molecule has 0 aliphatic rings. The number of rotatable bonds is 3. The largest absolute Gasteiger partial charge is 0.397 e. The van der Waals surface area contributed by atoms with Gasteiger partial charge >= 0.3 is 0 Å². The molecule has 0 atom stereocenters. The topological polar surface area (TPSA) is 74.7 Å². The number of nitrogens with zero attached hydrogens (tertiary/aromatic N) is 2. The van der Waals surface area contributed by atoms with E-state index in [0.29, 0.717) is 18.7 Å². The lowest BCUT2D eigenvalue weighted by Gasteiger charge is -2.05. The first kappa shape index (κ1) is 8.34. The Balaban J connectivity index is 2.53. The number of nitriles is 1. The molecule has 0 saturated heterocycles. The maximum absolute atomic E-state index is 8.28. The summed E-state index contributed by atoms with van der Waals surface area (Å²) < 4.78 is 0. The van der Waals surface area contributed by atoms with Crippen LogP contribution in [0.1, 0.15) is 6.42 Å². The van der Waals surface area contributed by atoms with Crippen LogP contribution in [0.15, 0.2) is 18.5 Å². The molecule has 1 aromatic heterocycles. The van der Waals surface area contributed by atoms with Crippen LogP contribution in [0.3, 0.4) is 0 Å². The lowest BCUT2D eigenvalue weighted by atomic mass is 10.3. The van der Waals surface area contributed by atoms with Gasteiger partial charge in [-0.3, -0.25) is 4.98 Å². The van der Waals surface area contributed by atoms with Crippen LogP contribution < -0.4 is 11.1 Å². The molecule has 0 aromatic carbocycles. The number of pyridine rings is 1. The van der Waals surface area contributed by atoms with E-state index in [1.807, 2.05) is 6.07 Å². The highest BCUT2D eigenvalue weighted by atomic mass is 14.9. The van der Waals surface area contributed by atoms with Gasteiger partial charge in [-0.1, -0.05) is 0 Å². The molecule has 3 N–H and O–H groups in total. The van der Waals surface area contributed by atoms with Gasteiger partial charge in [0.1, 0.15) is 0 Å². The summed E-state index contributed by atoms with van der Waals surface area (Å²) in [6.07, 6.45) is 3.74. The second-order valence-electron chi connectivity index (χ2n) is 2.30. The van der Waals surface area contributed by atoms with Gasteiger partial charge in [0.15, 0.2) is 0 Å². The Bertz CT molecular complexity index is 289. The van der Waals surface area contributed by atoms with Crippen LogP contribution in [0.4, 0.5) is 11.4 Å². The van der Waals surface area contributed by atoms with E-state index in [2.05, 4.69) is 10.3 Å². The van der Waals surface area contributed by atoms with Crippen LogP contribution >= 0.6 is 0 Å². The van der Waals surface area contributed by atoms with Gasteiger partial charge in [0.25, 0.3) is 0 Å². The fraction of sp³-hybridized carbons (Fsp3) is 0.250. The molecule has 0 radical (unpaired) electrons. The summed E-state index contributed by atoms with van der Waals surface area (Å²) in [4.78, 5) is 3.90. The molecule has 0 unspecified atom stereocenters. The van der Waals surface area contributed by atoms with E-state index in [9.17, 15) is 0 Å². The first-order chi connectivity index (χ1) is 5.84. The number of anilines is 2. The van der Waals surface area contributed by atoms with Crippen LogP contribution in [0.25, 0.3) is 0 Å². The second kappa shape index (κ2) is 4.19. The number of nitrogens with one attached hydrogen (secondary N) is 1. The monoisotopic (exact) mass is 162 g/mol. The highest BCUT2D eigenvalue weighted by Crippen LogP contribution is 2.14. The molecule has 4 heteroatoms. The Morgan fingerprint density at radius 2 is 2.50 bits per heavy atom. The summed E-state index contributed by atoms with van der Waals surface area (Å²) in [5.74, 6) is 0. The van der Waals surface area contributed by atoms with Gasteiger partial charge in [0.05, 0.1) is 30.1 Å². The summed E-state index contributed by atoms with van der Waals surface area (Å²) >= 11 is 0. The van der Waals surface area contributed by atoms with Crippen molar-refractivity contribution in [2.75, 3.05) is 17.6 Å². The van der Waals surface area contributed by atoms with Gasteiger partial charge in [-0.2, -0.15) is 5.26 Å². The average Bonchev–Trinajstić information content (AvgIpc) is 2.09. The Morgan fingerprint density at radius 1 is 1.67 bits per heavy atom. The van der Waals surface area contributed by atoms with Gasteiger partial charge in [-0.25, -0.2) is 0 Å². The van der Waals surface area contributed by atoms with Crippen molar-refractivity contribution in [2.45, 2.75) is 6.42 Å². The molecule has 4 nitrogen and oxygen atoms in total. The van der Waals surface area contributed by atoms with Crippen molar-refractivity contribution in [3.63, 3.8) is 0 Å². The van der Waals surface area contributed by atoms with E-state index < -0.39 is 0 Å². The Hall–Kier alpha value is -1.76. The fourth-order valence-electron chi connectivity index (χ4n) is 0.806. The molecule has 1 rings (SSSR count). The van der Waals surface area contributed by atoms with Crippen molar-refractivity contribution in [3.05, 3.63) is 18.5 Å². The van der Waals surface area contributed by atoms with Crippen LogP contribution in [0.2, 0.25) is 0 Å². The van der Waals surface area contributed by atoms with E-state index >= 15 is 0 Å². The molecule has 0 aliphatic carbocycles. The van der Waals surface area contributed by atoms with Gasteiger partial charge in [-0.15, -0.1) is 0 Å². The summed E-state index contributed by atoms with van der Waals surface area (Å²) in [6, 6.07) is 3.75. The van der Waals surface area contributed by atoms with E-state index in [1.54, 1.807) is 18.5 Å². The van der Waals surface area contributed by atoms with Crippen LogP contribution in [-0.2, 0) is 0 Å². The molecule has 12 heavy (non-hydrogen) atoms. The quantitative estimate of drug-likeness (QED) is 0.650. The van der Waals surface area contributed by atoms with Crippen molar-refractivity contribution in [1.29, 1.82) is 5.26 Å². The SMILES string of the molecule is N#CCCNc1cnccc1N. The van der Waals surface area contributed by atoms with Gasteiger partial charge in [0, 0.05) is 12.7 Å². The third kappa shape index (κ3) is 2.13. The molecule has 0 amide bonds. The van der Waals surface area contributed by atoms with Crippen molar-refractivity contribution in [3.8, 4) is 6.07 Å². The number of aromatic nitrogens is 1. The van der Waals surface area contributed by atoms with Gasteiger partial charge in [-0.05, 0) is 6.07 Å². The van der Waals surface area contributed by atoms with Crippen molar-refractivity contribution in [2.24, 2.45) is 0 Å². The summed E-state index contributed by atoms with van der Waals surface area (Å²) in [5.41, 5.74) is 7.06. The molecule has 0 fully saturated rings. The predicted octanol–water partition coefficient (Wildman–Crippen LogP) is 0.989. The van der Waals surface area contributed by atoms with E-state index in [1.165, 1.54) is 0 Å². The zero-order valence-electron chi connectivity index (χ0n) is 6.62. The average molecular weight is 162 g/mol. The molecule has 0 aliphatic heterocycles. The maximum atomic E-state index is 8.28. The van der Waals surface area contributed by atoms with Crippen molar-refractivity contribution < 1.29 is 0 Å². The predicted molar refractivity (Wildman–Crippen MR) is 47.4 cm³/mol. The lowest BCUT2D eigenvalue weighted by Crippen LogP contribution is -2.03. The minimum Gasteiger partial charge on any atom is -0.397 e. The van der Waals surface area contributed by atoms with E-state index in [-0.39, 0.29) is 0 Å². The molecule has 62 valence electrons. The summed E-state index contributed by atoms with van der Waals surface area (Å²) in [5, 5.41) is 11.3. The third-order valence-corrected chi connectivity index (χ3v) is 1.41. The Labute approximate surface area is 71.0 Å². The molecule has 0 bridgehead atoms. The number of hydrogen-bond donors (Lipinski definition) is 2. The van der Waals surface area contributed by atoms with Crippen LogP contribution in [-0.4, -0.2) is 11.5 Å². The molecular weight excluding hydrogens is 152 g/mol. The molecule has 1 aromatic rings. The van der Waals surface area contributed by atoms with Crippen molar-refractivity contribution in [1.82, 2.24) is 4.98 Å². The van der Waals surface area contributed by atoms with Crippen LogP contribution in [0.5, 0.6) is 0 Å². The summed E-state index contributed by atoms with van der Waals surface area (Å²) in [7, 11) is 0. The Kier molecular flexibility index (Phi) is 2.91. The number of hydrogen-bond acceptors (Lipinski definition) is 4. The second-order valence-corrected chi connectivity index (χ2v) is 2.30. The highest BCUT2D eigenvalue weighted by Gasteiger charge is 1.95. The van der Waals surface area contributed by atoms with E-state index in [4.69, 9.17) is 11.0 Å². The minimum absolute atomic E-state index is 0.467. The third-order valence-electron chi connectivity index (χ3n) is 1.41. The summed E-state index contributed by atoms with van der Waals surface area (Å²) in [6.45, 7) is 0.604. The van der Waals surface area contributed by atoms with E-state index in [0.717, 1.165) is 5.69 Å². The highest BCUT2D eigenvalue weighted by molar-refractivity contribution is 5.63. The Morgan fingerprint density at radius 3 is 3.17 bits per heavy atom. The fourth-order valence-corrected chi connectivity index (χ4v) is 0.806. The smallest absolute Gasteiger partial charge is 0.0760 e. The molecular formula is C8H10N4. The normalized spacial score (nSPS) is 8.92. The maximum Gasteiger partial charge on any atom is 0.0760 e. The first-order valence-corrected chi connectivity index (χ1v) is 3.65. The van der Waals surface area contributed by atoms with Crippen molar-refractivity contribution >= 4 is 11.4 Å². The van der Waals surface area contributed by atoms with Crippen LogP contribution in [0, 0.1) is 11.3 Å².